The molecule has 0 amide bonds. The summed E-state index contributed by atoms with van der Waals surface area (Å²) >= 11 is 0. The van der Waals surface area contributed by atoms with Crippen molar-refractivity contribution in [3.63, 3.8) is 0 Å². The van der Waals surface area contributed by atoms with Crippen molar-refractivity contribution in [3.05, 3.63) is 0 Å². The number of hydrogen-bond acceptors (Lipinski definition) is 2. The molecular weight excluding hydrogens is 172 g/mol. The first kappa shape index (κ1) is 12.0. The average Bonchev–Trinajstić information content (AvgIpc) is 2.84. The second-order valence-corrected chi connectivity index (χ2v) is 5.43. The smallest absolute Gasteiger partial charge is 0.00975 e. The van der Waals surface area contributed by atoms with Gasteiger partial charge in [-0.15, -0.1) is 0 Å². The SMILES string of the molecule is CC(C)(N)CCCNCCCC1CC1. The summed E-state index contributed by atoms with van der Waals surface area (Å²) in [6.45, 7) is 6.52. The lowest BCUT2D eigenvalue weighted by Gasteiger charge is -2.17. The van der Waals surface area contributed by atoms with Gasteiger partial charge in [-0.05, 0) is 58.5 Å². The highest BCUT2D eigenvalue weighted by molar-refractivity contribution is 4.73. The van der Waals surface area contributed by atoms with Gasteiger partial charge in [-0.25, -0.2) is 0 Å². The van der Waals surface area contributed by atoms with Gasteiger partial charge in [0.05, 0.1) is 0 Å². The lowest BCUT2D eigenvalue weighted by Crippen LogP contribution is -2.32. The monoisotopic (exact) mass is 198 g/mol. The summed E-state index contributed by atoms with van der Waals surface area (Å²) in [5, 5.41) is 3.49. The molecule has 0 atom stereocenters. The van der Waals surface area contributed by atoms with E-state index in [0.29, 0.717) is 0 Å². The maximum Gasteiger partial charge on any atom is 0.00975 e. The van der Waals surface area contributed by atoms with Crippen LogP contribution in [0.3, 0.4) is 0 Å². The Morgan fingerprint density at radius 3 is 2.43 bits per heavy atom. The quantitative estimate of drug-likeness (QED) is 0.587. The van der Waals surface area contributed by atoms with Crippen LogP contribution < -0.4 is 11.1 Å². The summed E-state index contributed by atoms with van der Waals surface area (Å²) in [4.78, 5) is 0. The van der Waals surface area contributed by atoms with E-state index in [9.17, 15) is 0 Å². The van der Waals surface area contributed by atoms with E-state index >= 15 is 0 Å². The van der Waals surface area contributed by atoms with Crippen molar-refractivity contribution >= 4 is 0 Å². The van der Waals surface area contributed by atoms with Crippen LogP contribution in [0.2, 0.25) is 0 Å². The zero-order chi connectivity index (χ0) is 10.4. The summed E-state index contributed by atoms with van der Waals surface area (Å²) in [5.41, 5.74) is 5.91. The Labute approximate surface area is 88.6 Å². The molecule has 0 bridgehead atoms. The molecule has 3 N–H and O–H groups in total. The molecular formula is C12H26N2. The molecule has 0 unspecified atom stereocenters. The third kappa shape index (κ3) is 7.34. The zero-order valence-electron chi connectivity index (χ0n) is 9.81. The van der Waals surface area contributed by atoms with Crippen LogP contribution in [0.1, 0.15) is 52.4 Å². The predicted molar refractivity (Wildman–Crippen MR) is 62.3 cm³/mol. The van der Waals surface area contributed by atoms with Gasteiger partial charge in [0.15, 0.2) is 0 Å². The molecule has 0 saturated heterocycles. The third-order valence-corrected chi connectivity index (χ3v) is 2.84. The van der Waals surface area contributed by atoms with Gasteiger partial charge in [0.25, 0.3) is 0 Å². The normalized spacial score (nSPS) is 17.4. The highest BCUT2D eigenvalue weighted by Crippen LogP contribution is 2.33. The first-order valence-electron chi connectivity index (χ1n) is 6.07. The first-order valence-corrected chi connectivity index (χ1v) is 6.07. The largest absolute Gasteiger partial charge is 0.326 e. The van der Waals surface area contributed by atoms with E-state index in [1.807, 2.05) is 0 Å². The standard InChI is InChI=1S/C12H26N2/c1-12(2,13)8-4-10-14-9-3-5-11-6-7-11/h11,14H,3-10,13H2,1-2H3. The number of hydrogen-bond donors (Lipinski definition) is 2. The molecule has 2 heteroatoms. The van der Waals surface area contributed by atoms with Crippen LogP contribution in [0.15, 0.2) is 0 Å². The Morgan fingerprint density at radius 2 is 1.86 bits per heavy atom. The van der Waals surface area contributed by atoms with Crippen molar-refractivity contribution in [2.24, 2.45) is 11.7 Å². The van der Waals surface area contributed by atoms with Crippen LogP contribution in [0.4, 0.5) is 0 Å². The summed E-state index contributed by atoms with van der Waals surface area (Å²) < 4.78 is 0. The Kier molecular flexibility index (Phi) is 4.90. The Hall–Kier alpha value is -0.0800. The fourth-order valence-corrected chi connectivity index (χ4v) is 1.72. The number of nitrogens with two attached hydrogens (primary N) is 1. The maximum atomic E-state index is 5.90. The van der Waals surface area contributed by atoms with Crippen molar-refractivity contribution in [1.82, 2.24) is 5.32 Å². The summed E-state index contributed by atoms with van der Waals surface area (Å²) in [6.07, 6.45) is 8.09. The molecule has 0 aromatic carbocycles. The van der Waals surface area contributed by atoms with E-state index in [-0.39, 0.29) is 5.54 Å². The van der Waals surface area contributed by atoms with E-state index in [1.54, 1.807) is 0 Å². The Bertz CT molecular complexity index is 145. The highest BCUT2D eigenvalue weighted by atomic mass is 14.8. The van der Waals surface area contributed by atoms with Gasteiger partial charge in [0.2, 0.25) is 0 Å². The molecule has 1 saturated carbocycles. The summed E-state index contributed by atoms with van der Waals surface area (Å²) in [6, 6.07) is 0. The van der Waals surface area contributed by atoms with Crippen molar-refractivity contribution in [3.8, 4) is 0 Å². The van der Waals surface area contributed by atoms with Crippen molar-refractivity contribution in [2.45, 2.75) is 57.9 Å². The molecule has 14 heavy (non-hydrogen) atoms. The van der Waals surface area contributed by atoms with Crippen LogP contribution >= 0.6 is 0 Å². The van der Waals surface area contributed by atoms with Crippen LogP contribution in [0, 0.1) is 5.92 Å². The van der Waals surface area contributed by atoms with E-state index in [4.69, 9.17) is 5.73 Å². The van der Waals surface area contributed by atoms with Gasteiger partial charge in [-0.1, -0.05) is 12.8 Å². The van der Waals surface area contributed by atoms with Crippen LogP contribution in [-0.2, 0) is 0 Å². The van der Waals surface area contributed by atoms with Gasteiger partial charge >= 0.3 is 0 Å². The summed E-state index contributed by atoms with van der Waals surface area (Å²) in [5.74, 6) is 1.08. The van der Waals surface area contributed by atoms with Crippen LogP contribution in [-0.4, -0.2) is 18.6 Å². The first-order chi connectivity index (χ1) is 6.58. The third-order valence-electron chi connectivity index (χ3n) is 2.84. The zero-order valence-corrected chi connectivity index (χ0v) is 9.81. The van der Waals surface area contributed by atoms with Gasteiger partial charge in [-0.3, -0.25) is 0 Å². The minimum Gasteiger partial charge on any atom is -0.326 e. The Morgan fingerprint density at radius 1 is 1.21 bits per heavy atom. The van der Waals surface area contributed by atoms with Gasteiger partial charge in [0.1, 0.15) is 0 Å². The van der Waals surface area contributed by atoms with Crippen LogP contribution in [0.5, 0.6) is 0 Å². The van der Waals surface area contributed by atoms with E-state index < -0.39 is 0 Å². The predicted octanol–water partition coefficient (Wildman–Crippen LogP) is 2.28. The van der Waals surface area contributed by atoms with E-state index in [2.05, 4.69) is 19.2 Å². The maximum absolute atomic E-state index is 5.90. The second-order valence-electron chi connectivity index (χ2n) is 5.43. The highest BCUT2D eigenvalue weighted by Gasteiger charge is 2.19. The molecule has 0 aliphatic heterocycles. The lowest BCUT2D eigenvalue weighted by atomic mass is 10.0. The van der Waals surface area contributed by atoms with E-state index in [1.165, 1.54) is 38.6 Å². The van der Waals surface area contributed by atoms with E-state index in [0.717, 1.165) is 18.9 Å². The molecule has 1 aliphatic rings. The topological polar surface area (TPSA) is 38.0 Å². The molecule has 0 heterocycles. The van der Waals surface area contributed by atoms with Gasteiger partial charge in [-0.2, -0.15) is 0 Å². The van der Waals surface area contributed by atoms with Gasteiger partial charge in [0, 0.05) is 5.54 Å². The molecule has 0 radical (unpaired) electrons. The fraction of sp³-hybridized carbons (Fsp3) is 1.00. The lowest BCUT2D eigenvalue weighted by molar-refractivity contribution is 0.446. The van der Waals surface area contributed by atoms with Crippen molar-refractivity contribution < 1.29 is 0 Å². The van der Waals surface area contributed by atoms with Crippen molar-refractivity contribution in [1.29, 1.82) is 0 Å². The molecule has 84 valence electrons. The number of nitrogens with one attached hydrogen (secondary N) is 1. The molecule has 0 aromatic rings. The molecule has 1 rings (SSSR count). The van der Waals surface area contributed by atoms with Gasteiger partial charge < -0.3 is 11.1 Å². The van der Waals surface area contributed by atoms with Crippen LogP contribution in [0.25, 0.3) is 0 Å². The molecule has 1 aliphatic carbocycles. The molecule has 0 spiro atoms. The Balaban J connectivity index is 1.75. The molecule has 2 nitrogen and oxygen atoms in total. The number of rotatable bonds is 8. The second kappa shape index (κ2) is 5.72. The minimum atomic E-state index is 0.00962. The molecule has 1 fully saturated rings. The summed E-state index contributed by atoms with van der Waals surface area (Å²) in [7, 11) is 0. The average molecular weight is 198 g/mol. The minimum absolute atomic E-state index is 0.00962. The molecule has 0 aromatic heterocycles. The fourth-order valence-electron chi connectivity index (χ4n) is 1.72. The van der Waals surface area contributed by atoms with Crippen molar-refractivity contribution in [2.75, 3.05) is 13.1 Å².